The van der Waals surface area contributed by atoms with Crippen molar-refractivity contribution < 1.29 is 14.4 Å². The number of hydrogen-bond acceptors (Lipinski definition) is 5. The number of nitrogens with zero attached hydrogens (tertiary/aromatic N) is 2. The van der Waals surface area contributed by atoms with Gasteiger partial charge >= 0.3 is 0 Å². The van der Waals surface area contributed by atoms with E-state index in [2.05, 4.69) is 16.0 Å². The summed E-state index contributed by atoms with van der Waals surface area (Å²) in [7, 11) is 0. The fraction of sp³-hybridized carbons (Fsp3) is 0.0800. The van der Waals surface area contributed by atoms with Crippen molar-refractivity contribution in [1.29, 1.82) is 0 Å². The molecule has 0 radical (unpaired) electrons. The fourth-order valence-corrected chi connectivity index (χ4v) is 3.48. The predicted octanol–water partition coefficient (Wildman–Crippen LogP) is 2.72. The van der Waals surface area contributed by atoms with Crippen LogP contribution in [0.15, 0.2) is 83.7 Å². The number of ketones is 1. The van der Waals surface area contributed by atoms with E-state index < -0.39 is 11.8 Å². The first-order chi connectivity index (χ1) is 16.0. The molecule has 0 aliphatic heterocycles. The second kappa shape index (κ2) is 9.27. The lowest BCUT2D eigenvalue weighted by atomic mass is 9.98. The van der Waals surface area contributed by atoms with Crippen molar-refractivity contribution >= 4 is 28.4 Å². The van der Waals surface area contributed by atoms with Crippen molar-refractivity contribution in [1.82, 2.24) is 20.6 Å². The lowest BCUT2D eigenvalue weighted by Gasteiger charge is -2.12. The van der Waals surface area contributed by atoms with E-state index in [0.717, 1.165) is 0 Å². The third-order valence-electron chi connectivity index (χ3n) is 5.12. The Balaban J connectivity index is 1.59. The number of rotatable bonds is 5. The predicted molar refractivity (Wildman–Crippen MR) is 123 cm³/mol. The Bertz CT molecular complexity index is 1430. The van der Waals surface area contributed by atoms with E-state index in [1.807, 2.05) is 0 Å². The summed E-state index contributed by atoms with van der Waals surface area (Å²) < 4.78 is 1.19. The minimum atomic E-state index is -0.686. The highest BCUT2D eigenvalue weighted by atomic mass is 16.2. The van der Waals surface area contributed by atoms with Crippen LogP contribution in [-0.2, 0) is 6.54 Å². The Hall–Kier alpha value is -4.59. The summed E-state index contributed by atoms with van der Waals surface area (Å²) >= 11 is 0. The van der Waals surface area contributed by atoms with Crippen LogP contribution < -0.4 is 16.4 Å². The molecule has 33 heavy (non-hydrogen) atoms. The molecule has 4 rings (SSSR count). The minimum absolute atomic E-state index is 0.000923. The number of carbonyl (C=O) groups is 3. The third kappa shape index (κ3) is 4.27. The van der Waals surface area contributed by atoms with Crippen molar-refractivity contribution in [2.75, 3.05) is 0 Å². The highest BCUT2D eigenvalue weighted by Gasteiger charge is 2.20. The molecule has 3 aromatic carbocycles. The van der Waals surface area contributed by atoms with E-state index in [0.29, 0.717) is 16.3 Å². The second-order valence-electron chi connectivity index (χ2n) is 7.16. The lowest BCUT2D eigenvalue weighted by molar-refractivity contribution is 0.0842. The zero-order valence-corrected chi connectivity index (χ0v) is 17.7. The summed E-state index contributed by atoms with van der Waals surface area (Å²) in [6, 6.07) is 21.6. The molecule has 2 N–H and O–H groups in total. The van der Waals surface area contributed by atoms with Crippen LogP contribution in [0.4, 0.5) is 0 Å². The Morgan fingerprint density at radius 1 is 0.758 bits per heavy atom. The molecule has 8 nitrogen and oxygen atoms in total. The number of nitrogens with one attached hydrogen (secondary N) is 2. The first-order valence-electron chi connectivity index (χ1n) is 10.3. The molecule has 8 heteroatoms. The van der Waals surface area contributed by atoms with E-state index in [4.69, 9.17) is 0 Å². The minimum Gasteiger partial charge on any atom is -0.289 e. The van der Waals surface area contributed by atoms with Crippen molar-refractivity contribution in [2.45, 2.75) is 13.5 Å². The van der Waals surface area contributed by atoms with Gasteiger partial charge in [0.25, 0.3) is 17.4 Å². The van der Waals surface area contributed by atoms with Gasteiger partial charge in [-0.3, -0.25) is 30.0 Å². The van der Waals surface area contributed by atoms with Crippen LogP contribution in [0.5, 0.6) is 0 Å². The maximum absolute atomic E-state index is 12.9. The number of aromatic nitrogens is 2. The maximum Gasteiger partial charge on any atom is 0.290 e. The Morgan fingerprint density at radius 3 is 2.03 bits per heavy atom. The van der Waals surface area contributed by atoms with Crippen molar-refractivity contribution in [3.8, 4) is 0 Å². The molecule has 0 bridgehead atoms. The summed E-state index contributed by atoms with van der Waals surface area (Å²) in [5.74, 6) is -1.65. The van der Waals surface area contributed by atoms with Crippen LogP contribution in [0.2, 0.25) is 0 Å². The SMILES string of the molecule is CCn1nc(C(=O)NNC(=O)c2ccccc2C(=O)c2ccccc2)c2ccccc2c1=O. The van der Waals surface area contributed by atoms with Gasteiger partial charge < -0.3 is 0 Å². The second-order valence-corrected chi connectivity index (χ2v) is 7.16. The zero-order chi connectivity index (χ0) is 23.4. The molecule has 0 spiro atoms. The van der Waals surface area contributed by atoms with Crippen LogP contribution in [-0.4, -0.2) is 27.4 Å². The van der Waals surface area contributed by atoms with Gasteiger partial charge in [-0.05, 0) is 19.1 Å². The van der Waals surface area contributed by atoms with Gasteiger partial charge in [-0.25, -0.2) is 4.68 Å². The fourth-order valence-electron chi connectivity index (χ4n) is 3.48. The molecule has 2 amide bonds. The van der Waals surface area contributed by atoms with Gasteiger partial charge in [-0.2, -0.15) is 5.10 Å². The third-order valence-corrected chi connectivity index (χ3v) is 5.12. The molecule has 0 saturated carbocycles. The number of benzene rings is 3. The number of carbonyl (C=O) groups excluding carboxylic acids is 3. The number of fused-ring (bicyclic) bond motifs is 1. The summed E-state index contributed by atoms with van der Waals surface area (Å²) in [6.45, 7) is 2.03. The molecule has 0 aliphatic rings. The van der Waals surface area contributed by atoms with Crippen LogP contribution in [0.25, 0.3) is 10.8 Å². The summed E-state index contributed by atoms with van der Waals surface area (Å²) in [6.07, 6.45) is 0. The smallest absolute Gasteiger partial charge is 0.289 e. The Labute approximate surface area is 188 Å². The molecule has 1 heterocycles. The average Bonchev–Trinajstić information content (AvgIpc) is 2.87. The van der Waals surface area contributed by atoms with Crippen molar-refractivity contribution in [3.63, 3.8) is 0 Å². The van der Waals surface area contributed by atoms with Crippen molar-refractivity contribution in [3.05, 3.63) is 112 Å². The molecule has 164 valence electrons. The van der Waals surface area contributed by atoms with Crippen LogP contribution in [0.3, 0.4) is 0 Å². The molecule has 0 saturated heterocycles. The number of hydrazine groups is 1. The normalized spacial score (nSPS) is 10.6. The van der Waals surface area contributed by atoms with E-state index in [-0.39, 0.29) is 34.7 Å². The summed E-state index contributed by atoms with van der Waals surface area (Å²) in [5.41, 5.74) is 5.14. The van der Waals surface area contributed by atoms with Crippen LogP contribution in [0.1, 0.15) is 43.7 Å². The Kier molecular flexibility index (Phi) is 6.08. The lowest BCUT2D eigenvalue weighted by Crippen LogP contribution is -2.43. The van der Waals surface area contributed by atoms with Gasteiger partial charge in [0.2, 0.25) is 0 Å². The molecule has 0 unspecified atom stereocenters. The number of amides is 2. The maximum atomic E-state index is 12.9. The highest BCUT2D eigenvalue weighted by Crippen LogP contribution is 2.15. The van der Waals surface area contributed by atoms with E-state index in [9.17, 15) is 19.2 Å². The molecule has 4 aromatic rings. The van der Waals surface area contributed by atoms with E-state index in [1.165, 1.54) is 10.7 Å². The van der Waals surface area contributed by atoms with Crippen LogP contribution >= 0.6 is 0 Å². The van der Waals surface area contributed by atoms with Gasteiger partial charge in [0.15, 0.2) is 11.5 Å². The van der Waals surface area contributed by atoms with Crippen molar-refractivity contribution in [2.24, 2.45) is 0 Å². The van der Waals surface area contributed by atoms with E-state index >= 15 is 0 Å². The van der Waals surface area contributed by atoms with Gasteiger partial charge in [0, 0.05) is 23.1 Å². The molecular weight excluding hydrogens is 420 g/mol. The summed E-state index contributed by atoms with van der Waals surface area (Å²) in [5, 5.41) is 4.87. The first-order valence-corrected chi connectivity index (χ1v) is 10.3. The topological polar surface area (TPSA) is 110 Å². The quantitative estimate of drug-likeness (QED) is 0.366. The number of aryl methyl sites for hydroxylation is 1. The van der Waals surface area contributed by atoms with Gasteiger partial charge in [0.05, 0.1) is 10.9 Å². The van der Waals surface area contributed by atoms with E-state index in [1.54, 1.807) is 79.7 Å². The first kappa shape index (κ1) is 21.6. The zero-order valence-electron chi connectivity index (χ0n) is 17.7. The Morgan fingerprint density at radius 2 is 1.33 bits per heavy atom. The highest BCUT2D eigenvalue weighted by molar-refractivity contribution is 6.15. The van der Waals surface area contributed by atoms with Gasteiger partial charge in [-0.1, -0.05) is 66.7 Å². The van der Waals surface area contributed by atoms with Crippen LogP contribution in [0, 0.1) is 0 Å². The summed E-state index contributed by atoms with van der Waals surface area (Å²) in [4.78, 5) is 51.0. The molecule has 0 atom stereocenters. The van der Waals surface area contributed by atoms with Gasteiger partial charge in [-0.15, -0.1) is 0 Å². The standard InChI is InChI=1S/C25H20N4O4/c1-2-29-25(33)20-15-9-6-12-17(20)21(28-29)24(32)27-26-23(31)19-14-8-7-13-18(19)22(30)16-10-4-3-5-11-16/h3-15H,2H2,1H3,(H,26,31)(H,27,32). The molecule has 0 aliphatic carbocycles. The molecular formula is C25H20N4O4. The largest absolute Gasteiger partial charge is 0.290 e. The average molecular weight is 440 g/mol. The van der Waals surface area contributed by atoms with Gasteiger partial charge in [0.1, 0.15) is 0 Å². The number of hydrogen-bond donors (Lipinski definition) is 2. The monoisotopic (exact) mass is 440 g/mol. The molecule has 0 fully saturated rings. The molecule has 1 aromatic heterocycles.